The molecule has 48 valence electrons. The minimum Gasteiger partial charge on any atom is -0.395 e. The third-order valence-electron chi connectivity index (χ3n) is 1.66. The molecule has 0 saturated heterocycles. The third kappa shape index (κ3) is 1.66. The second-order valence-corrected chi connectivity index (χ2v) is 2.37. The van der Waals surface area contributed by atoms with Crippen LogP contribution in [-0.4, -0.2) is 11.7 Å². The van der Waals surface area contributed by atoms with Crippen molar-refractivity contribution in [3.05, 3.63) is 12.7 Å². The highest BCUT2D eigenvalue weighted by Gasteiger charge is 2.14. The zero-order valence-electron chi connectivity index (χ0n) is 5.65. The molecule has 0 spiro atoms. The van der Waals surface area contributed by atoms with E-state index in [1.807, 2.05) is 13.8 Å². The number of rotatable bonds is 3. The summed E-state index contributed by atoms with van der Waals surface area (Å²) in [7, 11) is 0. The zero-order chi connectivity index (χ0) is 6.62. The monoisotopic (exact) mass is 114 g/mol. The first-order valence-electron chi connectivity index (χ1n) is 2.93. The summed E-state index contributed by atoms with van der Waals surface area (Å²) in [6.45, 7) is 7.84. The number of hydrogen-bond acceptors (Lipinski definition) is 1. The van der Waals surface area contributed by atoms with Crippen LogP contribution in [0.2, 0.25) is 0 Å². The van der Waals surface area contributed by atoms with E-state index in [-0.39, 0.29) is 12.0 Å². The second kappa shape index (κ2) is 2.88. The molecule has 0 saturated carbocycles. The molecule has 0 rings (SSSR count). The quantitative estimate of drug-likeness (QED) is 0.552. The van der Waals surface area contributed by atoms with Crippen molar-refractivity contribution in [1.82, 2.24) is 0 Å². The van der Waals surface area contributed by atoms with Gasteiger partial charge in [-0.1, -0.05) is 19.9 Å². The van der Waals surface area contributed by atoms with Crippen LogP contribution in [0.1, 0.15) is 20.3 Å². The maximum absolute atomic E-state index is 8.71. The first-order valence-corrected chi connectivity index (χ1v) is 2.93. The van der Waals surface area contributed by atoms with Crippen LogP contribution < -0.4 is 0 Å². The van der Waals surface area contributed by atoms with Gasteiger partial charge in [0.2, 0.25) is 0 Å². The van der Waals surface area contributed by atoms with Crippen molar-refractivity contribution in [3.8, 4) is 0 Å². The number of hydrogen-bond donors (Lipinski definition) is 1. The Kier molecular flexibility index (Phi) is 2.77. The average molecular weight is 114 g/mol. The molecule has 1 nitrogen and oxygen atoms in total. The Morgan fingerprint density at radius 3 is 2.25 bits per heavy atom. The SMILES string of the molecule is C=CC(C)(CC)CO. The molecule has 0 amide bonds. The third-order valence-corrected chi connectivity index (χ3v) is 1.66. The second-order valence-electron chi connectivity index (χ2n) is 2.37. The van der Waals surface area contributed by atoms with Gasteiger partial charge in [-0.25, -0.2) is 0 Å². The Morgan fingerprint density at radius 1 is 1.75 bits per heavy atom. The Balaban J connectivity index is 3.76. The minimum atomic E-state index is -0.0556. The lowest BCUT2D eigenvalue weighted by Gasteiger charge is -2.19. The van der Waals surface area contributed by atoms with E-state index in [9.17, 15) is 0 Å². The predicted octanol–water partition coefficient (Wildman–Crippen LogP) is 1.58. The van der Waals surface area contributed by atoms with E-state index in [2.05, 4.69) is 6.58 Å². The van der Waals surface area contributed by atoms with Crippen molar-refractivity contribution in [2.45, 2.75) is 20.3 Å². The molecule has 0 aliphatic heterocycles. The topological polar surface area (TPSA) is 20.2 Å². The first-order chi connectivity index (χ1) is 3.68. The molecule has 0 radical (unpaired) electrons. The van der Waals surface area contributed by atoms with E-state index in [0.29, 0.717) is 0 Å². The summed E-state index contributed by atoms with van der Waals surface area (Å²) in [5.41, 5.74) is -0.0556. The average Bonchev–Trinajstić information content (AvgIpc) is 1.87. The first kappa shape index (κ1) is 7.70. The fourth-order valence-electron chi connectivity index (χ4n) is 0.321. The van der Waals surface area contributed by atoms with E-state index in [0.717, 1.165) is 6.42 Å². The molecular formula is C7H14O. The van der Waals surface area contributed by atoms with Crippen molar-refractivity contribution in [2.24, 2.45) is 5.41 Å². The summed E-state index contributed by atoms with van der Waals surface area (Å²) in [4.78, 5) is 0. The predicted molar refractivity (Wildman–Crippen MR) is 35.7 cm³/mol. The lowest BCUT2D eigenvalue weighted by molar-refractivity contribution is 0.181. The fraction of sp³-hybridized carbons (Fsp3) is 0.714. The van der Waals surface area contributed by atoms with E-state index < -0.39 is 0 Å². The van der Waals surface area contributed by atoms with Crippen molar-refractivity contribution in [1.29, 1.82) is 0 Å². The van der Waals surface area contributed by atoms with Crippen LogP contribution in [0.5, 0.6) is 0 Å². The zero-order valence-corrected chi connectivity index (χ0v) is 5.65. The molecule has 8 heavy (non-hydrogen) atoms. The summed E-state index contributed by atoms with van der Waals surface area (Å²) >= 11 is 0. The Labute approximate surface area is 51.0 Å². The van der Waals surface area contributed by atoms with Gasteiger partial charge in [-0.2, -0.15) is 0 Å². The van der Waals surface area contributed by atoms with Crippen LogP contribution in [0.4, 0.5) is 0 Å². The molecule has 1 unspecified atom stereocenters. The molecule has 0 aliphatic rings. The van der Waals surface area contributed by atoms with Crippen molar-refractivity contribution in [3.63, 3.8) is 0 Å². The van der Waals surface area contributed by atoms with E-state index >= 15 is 0 Å². The lowest BCUT2D eigenvalue weighted by Crippen LogP contribution is -2.15. The summed E-state index contributed by atoms with van der Waals surface area (Å²) in [6, 6.07) is 0. The largest absolute Gasteiger partial charge is 0.395 e. The summed E-state index contributed by atoms with van der Waals surface area (Å²) in [5.74, 6) is 0. The molecular weight excluding hydrogens is 100 g/mol. The lowest BCUT2D eigenvalue weighted by atomic mass is 9.89. The normalized spacial score (nSPS) is 17.4. The summed E-state index contributed by atoms with van der Waals surface area (Å²) in [5, 5.41) is 8.71. The van der Waals surface area contributed by atoms with Gasteiger partial charge in [0.25, 0.3) is 0 Å². The smallest absolute Gasteiger partial charge is 0.0519 e. The highest BCUT2D eigenvalue weighted by atomic mass is 16.3. The molecule has 0 aromatic rings. The van der Waals surface area contributed by atoms with Gasteiger partial charge in [-0.3, -0.25) is 0 Å². The van der Waals surface area contributed by atoms with Crippen molar-refractivity contribution < 1.29 is 5.11 Å². The van der Waals surface area contributed by atoms with Gasteiger partial charge in [0.15, 0.2) is 0 Å². The molecule has 0 aliphatic carbocycles. The molecule has 1 atom stereocenters. The molecule has 0 fully saturated rings. The maximum Gasteiger partial charge on any atom is 0.0519 e. The molecule has 0 bridgehead atoms. The molecule has 0 heterocycles. The number of aliphatic hydroxyl groups is 1. The Bertz CT molecular complexity index is 72.5. The maximum atomic E-state index is 8.71. The number of aliphatic hydroxyl groups excluding tert-OH is 1. The van der Waals surface area contributed by atoms with Gasteiger partial charge < -0.3 is 5.11 Å². The van der Waals surface area contributed by atoms with Crippen molar-refractivity contribution >= 4 is 0 Å². The highest BCUT2D eigenvalue weighted by Crippen LogP contribution is 2.19. The molecule has 1 N–H and O–H groups in total. The van der Waals surface area contributed by atoms with Gasteiger partial charge in [0, 0.05) is 5.41 Å². The van der Waals surface area contributed by atoms with E-state index in [4.69, 9.17) is 5.11 Å². The van der Waals surface area contributed by atoms with Crippen LogP contribution in [0.25, 0.3) is 0 Å². The highest BCUT2D eigenvalue weighted by molar-refractivity contribution is 4.89. The van der Waals surface area contributed by atoms with Gasteiger partial charge in [-0.15, -0.1) is 6.58 Å². The van der Waals surface area contributed by atoms with Crippen LogP contribution in [0.15, 0.2) is 12.7 Å². The molecule has 0 aromatic heterocycles. The summed E-state index contributed by atoms with van der Waals surface area (Å²) < 4.78 is 0. The van der Waals surface area contributed by atoms with Gasteiger partial charge in [-0.05, 0) is 6.42 Å². The van der Waals surface area contributed by atoms with Crippen LogP contribution >= 0.6 is 0 Å². The molecule has 0 aromatic carbocycles. The standard InChI is InChI=1S/C7H14O/c1-4-7(3,5-2)6-8/h4,8H,1,5-6H2,2-3H3. The van der Waals surface area contributed by atoms with Gasteiger partial charge >= 0.3 is 0 Å². The van der Waals surface area contributed by atoms with E-state index in [1.165, 1.54) is 0 Å². The van der Waals surface area contributed by atoms with Gasteiger partial charge in [0.1, 0.15) is 0 Å². The van der Waals surface area contributed by atoms with Crippen LogP contribution in [0.3, 0.4) is 0 Å². The minimum absolute atomic E-state index is 0.0556. The Hall–Kier alpha value is -0.300. The fourth-order valence-corrected chi connectivity index (χ4v) is 0.321. The van der Waals surface area contributed by atoms with Crippen LogP contribution in [0, 0.1) is 5.41 Å². The molecule has 1 heteroatoms. The van der Waals surface area contributed by atoms with Gasteiger partial charge in [0.05, 0.1) is 6.61 Å². The summed E-state index contributed by atoms with van der Waals surface area (Å²) in [6.07, 6.45) is 2.75. The van der Waals surface area contributed by atoms with E-state index in [1.54, 1.807) is 6.08 Å². The van der Waals surface area contributed by atoms with Crippen LogP contribution in [-0.2, 0) is 0 Å². The van der Waals surface area contributed by atoms with Crippen molar-refractivity contribution in [2.75, 3.05) is 6.61 Å². The Morgan fingerprint density at radius 2 is 2.25 bits per heavy atom.